The van der Waals surface area contributed by atoms with Crippen molar-refractivity contribution in [3.05, 3.63) is 83.1 Å². The van der Waals surface area contributed by atoms with Crippen LogP contribution < -0.4 is 5.73 Å². The minimum atomic E-state index is 0.564. The molecule has 0 unspecified atom stereocenters. The molecule has 2 nitrogen and oxygen atoms in total. The molecule has 0 amide bonds. The molecule has 1 aromatic heterocycles. The maximum atomic E-state index is 5.75. The van der Waals surface area contributed by atoms with Crippen LogP contribution in [0.3, 0.4) is 0 Å². The molecular weight excluding hydrogens is 348 g/mol. The molecule has 146 valence electrons. The maximum Gasteiger partial charge on any atom is 0.124 e. The third-order valence-corrected chi connectivity index (χ3v) is 4.18. The van der Waals surface area contributed by atoms with Crippen molar-refractivity contribution in [3.63, 3.8) is 0 Å². The lowest BCUT2D eigenvalue weighted by Crippen LogP contribution is -2.00. The molecule has 0 radical (unpaired) electrons. The SMILES string of the molecule is C=CC(=C(C)C)c1nc(N)cc(C)c1C.CC=C(C)C.Sc1ccccc1. The average Bonchev–Trinajstić information content (AvgIpc) is 2.61. The number of nitrogens with zero attached hydrogens (tertiary/aromatic N) is 1. The Bertz CT molecular complexity index is 780. The number of anilines is 1. The summed E-state index contributed by atoms with van der Waals surface area (Å²) in [5.41, 5.74) is 12.7. The van der Waals surface area contributed by atoms with Crippen molar-refractivity contribution in [2.45, 2.75) is 53.4 Å². The second kappa shape index (κ2) is 13.0. The van der Waals surface area contributed by atoms with Gasteiger partial charge in [0.1, 0.15) is 5.82 Å². The molecule has 0 bridgehead atoms. The predicted molar refractivity (Wildman–Crippen MR) is 125 cm³/mol. The van der Waals surface area contributed by atoms with Gasteiger partial charge in [-0.3, -0.25) is 0 Å². The van der Waals surface area contributed by atoms with Gasteiger partial charge in [0.15, 0.2) is 0 Å². The first-order valence-corrected chi connectivity index (χ1v) is 9.46. The average molecular weight is 383 g/mol. The molecular formula is C24H34N2S. The molecule has 3 heteroatoms. The number of aryl methyl sites for hydroxylation is 1. The molecule has 2 aromatic rings. The first-order chi connectivity index (χ1) is 12.6. The van der Waals surface area contributed by atoms with Gasteiger partial charge in [0.2, 0.25) is 0 Å². The van der Waals surface area contributed by atoms with E-state index in [4.69, 9.17) is 5.73 Å². The molecule has 0 aliphatic heterocycles. The molecule has 0 saturated carbocycles. The molecule has 0 aliphatic rings. The van der Waals surface area contributed by atoms with Crippen LogP contribution in [-0.2, 0) is 0 Å². The van der Waals surface area contributed by atoms with Crippen molar-refractivity contribution in [2.24, 2.45) is 0 Å². The van der Waals surface area contributed by atoms with E-state index in [0.717, 1.165) is 21.7 Å². The topological polar surface area (TPSA) is 38.9 Å². The molecule has 1 aromatic carbocycles. The van der Waals surface area contributed by atoms with Crippen LogP contribution in [0.5, 0.6) is 0 Å². The molecule has 1 heterocycles. The number of rotatable bonds is 2. The number of thiol groups is 1. The molecule has 0 aliphatic carbocycles. The molecule has 0 fully saturated rings. The Hall–Kier alpha value is -2.26. The summed E-state index contributed by atoms with van der Waals surface area (Å²) in [4.78, 5) is 5.39. The first kappa shape index (κ1) is 24.7. The van der Waals surface area contributed by atoms with E-state index >= 15 is 0 Å². The van der Waals surface area contributed by atoms with Gasteiger partial charge in [0, 0.05) is 4.90 Å². The van der Waals surface area contributed by atoms with Gasteiger partial charge in [-0.15, -0.1) is 12.6 Å². The van der Waals surface area contributed by atoms with Gasteiger partial charge in [-0.2, -0.15) is 0 Å². The van der Waals surface area contributed by atoms with Crippen LogP contribution in [0.4, 0.5) is 5.82 Å². The van der Waals surface area contributed by atoms with Gasteiger partial charge in [0.05, 0.1) is 5.69 Å². The molecule has 0 saturated heterocycles. The highest BCUT2D eigenvalue weighted by molar-refractivity contribution is 7.80. The number of allylic oxidation sites excluding steroid dienone is 5. The number of pyridine rings is 1. The number of hydrogen-bond donors (Lipinski definition) is 2. The number of benzene rings is 1. The fourth-order valence-electron chi connectivity index (χ4n) is 1.99. The second-order valence-electron chi connectivity index (χ2n) is 6.66. The number of nitrogen functional groups attached to an aromatic ring is 1. The summed E-state index contributed by atoms with van der Waals surface area (Å²) in [6, 6.07) is 11.7. The van der Waals surface area contributed by atoms with E-state index in [0.29, 0.717) is 5.82 Å². The fraction of sp³-hybridized carbons (Fsp3) is 0.292. The van der Waals surface area contributed by atoms with Gasteiger partial charge < -0.3 is 5.73 Å². The van der Waals surface area contributed by atoms with Crippen LogP contribution in [0.25, 0.3) is 5.57 Å². The van der Waals surface area contributed by atoms with Crippen molar-refractivity contribution >= 4 is 24.0 Å². The quantitative estimate of drug-likeness (QED) is 0.327. The fourth-order valence-corrected chi connectivity index (χ4v) is 2.16. The van der Waals surface area contributed by atoms with Crippen molar-refractivity contribution in [1.29, 1.82) is 0 Å². The zero-order chi connectivity index (χ0) is 21.0. The highest BCUT2D eigenvalue weighted by Gasteiger charge is 2.08. The standard InChI is InChI=1S/C13H18N2.C6H6S.C5H10/c1-6-11(8(2)3)13-10(5)9(4)7-12(14)15-13;7-6-4-2-1-3-5-6;1-4-5(2)3/h6-7H,1H2,2-5H3,(H2,14,15);1-5,7H;4H,1-3H3. The van der Waals surface area contributed by atoms with Gasteiger partial charge in [0.25, 0.3) is 0 Å². The summed E-state index contributed by atoms with van der Waals surface area (Å²) >= 11 is 4.08. The lowest BCUT2D eigenvalue weighted by Gasteiger charge is -2.11. The zero-order valence-corrected chi connectivity index (χ0v) is 18.7. The molecule has 2 rings (SSSR count). The van der Waals surface area contributed by atoms with E-state index in [1.54, 1.807) is 0 Å². The lowest BCUT2D eigenvalue weighted by molar-refractivity contribution is 1.18. The van der Waals surface area contributed by atoms with Crippen LogP contribution >= 0.6 is 12.6 Å². The van der Waals surface area contributed by atoms with E-state index in [9.17, 15) is 0 Å². The molecule has 2 N–H and O–H groups in total. The first-order valence-electron chi connectivity index (χ1n) is 9.01. The monoisotopic (exact) mass is 382 g/mol. The summed E-state index contributed by atoms with van der Waals surface area (Å²) in [5.74, 6) is 0.564. The summed E-state index contributed by atoms with van der Waals surface area (Å²) < 4.78 is 0. The molecule has 27 heavy (non-hydrogen) atoms. The van der Waals surface area contributed by atoms with E-state index in [1.807, 2.05) is 56.3 Å². The third-order valence-electron chi connectivity index (χ3n) is 3.88. The Labute approximate surface area is 171 Å². The smallest absolute Gasteiger partial charge is 0.124 e. The van der Waals surface area contributed by atoms with Crippen LogP contribution in [0, 0.1) is 13.8 Å². The summed E-state index contributed by atoms with van der Waals surface area (Å²) in [6.07, 6.45) is 3.92. The summed E-state index contributed by atoms with van der Waals surface area (Å²) in [7, 11) is 0. The van der Waals surface area contributed by atoms with Crippen molar-refractivity contribution < 1.29 is 0 Å². The largest absolute Gasteiger partial charge is 0.384 e. The van der Waals surface area contributed by atoms with Crippen LogP contribution in [-0.4, -0.2) is 4.98 Å². The van der Waals surface area contributed by atoms with Crippen LogP contribution in [0.2, 0.25) is 0 Å². The minimum Gasteiger partial charge on any atom is -0.384 e. The Morgan fingerprint density at radius 3 is 1.93 bits per heavy atom. The highest BCUT2D eigenvalue weighted by Crippen LogP contribution is 2.24. The summed E-state index contributed by atoms with van der Waals surface area (Å²) in [5, 5.41) is 0. The van der Waals surface area contributed by atoms with Gasteiger partial charge in [-0.25, -0.2) is 4.98 Å². The normalized spacial score (nSPS) is 9.04. The number of hydrogen-bond acceptors (Lipinski definition) is 3. The second-order valence-corrected chi connectivity index (χ2v) is 7.17. The third kappa shape index (κ3) is 9.86. The number of aromatic nitrogens is 1. The van der Waals surface area contributed by atoms with Crippen molar-refractivity contribution in [2.75, 3.05) is 5.73 Å². The van der Waals surface area contributed by atoms with Crippen LogP contribution in [0.1, 0.15) is 51.4 Å². The van der Waals surface area contributed by atoms with Crippen molar-refractivity contribution in [3.8, 4) is 0 Å². The number of nitrogens with two attached hydrogens (primary N) is 1. The Balaban J connectivity index is 0.000000463. The van der Waals surface area contributed by atoms with Crippen LogP contribution in [0.15, 0.2) is 71.2 Å². The van der Waals surface area contributed by atoms with E-state index in [2.05, 4.69) is 64.9 Å². The minimum absolute atomic E-state index is 0.564. The molecule has 0 spiro atoms. The van der Waals surface area contributed by atoms with E-state index in [1.165, 1.54) is 16.7 Å². The maximum absolute atomic E-state index is 5.75. The van der Waals surface area contributed by atoms with Gasteiger partial charge in [-0.1, -0.05) is 48.1 Å². The van der Waals surface area contributed by atoms with Crippen molar-refractivity contribution in [1.82, 2.24) is 4.98 Å². The zero-order valence-electron chi connectivity index (χ0n) is 17.8. The van der Waals surface area contributed by atoms with Gasteiger partial charge >= 0.3 is 0 Å². The Kier molecular flexibility index (Phi) is 11.9. The predicted octanol–water partition coefficient (Wildman–Crippen LogP) is 7.21. The summed E-state index contributed by atoms with van der Waals surface area (Å²) in [6.45, 7) is 18.2. The Morgan fingerprint density at radius 2 is 1.59 bits per heavy atom. The molecule has 0 atom stereocenters. The van der Waals surface area contributed by atoms with Gasteiger partial charge in [-0.05, 0) is 83.4 Å². The lowest BCUT2D eigenvalue weighted by atomic mass is 10.00. The Morgan fingerprint density at radius 1 is 1.07 bits per heavy atom. The van der Waals surface area contributed by atoms with E-state index < -0.39 is 0 Å². The van der Waals surface area contributed by atoms with E-state index in [-0.39, 0.29) is 0 Å². The highest BCUT2D eigenvalue weighted by atomic mass is 32.1.